The molecule has 2 aromatic carbocycles. The van der Waals surface area contributed by atoms with E-state index in [0.29, 0.717) is 19.4 Å². The second-order valence-electron chi connectivity index (χ2n) is 7.41. The van der Waals surface area contributed by atoms with Crippen molar-refractivity contribution in [1.29, 1.82) is 0 Å². The predicted octanol–water partition coefficient (Wildman–Crippen LogP) is 4.26. The molecule has 2 rings (SSSR count). The molecule has 0 aliphatic rings. The minimum absolute atomic E-state index is 0.0297. The van der Waals surface area contributed by atoms with E-state index in [-0.39, 0.29) is 17.9 Å². The Kier molecular flexibility index (Phi) is 8.24. The third-order valence-corrected chi connectivity index (χ3v) is 5.06. The fraction of sp³-hybridized carbons (Fsp3) is 0.417. The van der Waals surface area contributed by atoms with Crippen molar-refractivity contribution in [3.05, 3.63) is 71.3 Å². The molecular weight excluding hydrogens is 348 g/mol. The van der Waals surface area contributed by atoms with E-state index in [1.165, 1.54) is 5.56 Å². The number of carbonyl (C=O) groups excluding carboxylic acids is 2. The molecule has 0 radical (unpaired) electrons. The van der Waals surface area contributed by atoms with Gasteiger partial charge >= 0.3 is 0 Å². The summed E-state index contributed by atoms with van der Waals surface area (Å²) in [5.74, 6) is -0.108. The van der Waals surface area contributed by atoms with Crippen molar-refractivity contribution < 1.29 is 9.59 Å². The lowest BCUT2D eigenvalue weighted by Crippen LogP contribution is -2.51. The molecule has 28 heavy (non-hydrogen) atoms. The minimum atomic E-state index is -0.480. The van der Waals surface area contributed by atoms with Gasteiger partial charge < -0.3 is 10.2 Å². The van der Waals surface area contributed by atoms with Crippen molar-refractivity contribution in [1.82, 2.24) is 10.2 Å². The zero-order valence-electron chi connectivity index (χ0n) is 17.4. The topological polar surface area (TPSA) is 49.4 Å². The Morgan fingerprint density at radius 1 is 0.929 bits per heavy atom. The quantitative estimate of drug-likeness (QED) is 0.707. The Morgan fingerprint density at radius 3 is 2.14 bits per heavy atom. The van der Waals surface area contributed by atoms with Crippen LogP contribution in [0.25, 0.3) is 0 Å². The van der Waals surface area contributed by atoms with Gasteiger partial charge in [-0.2, -0.15) is 0 Å². The van der Waals surface area contributed by atoms with E-state index in [9.17, 15) is 9.59 Å². The summed E-state index contributed by atoms with van der Waals surface area (Å²) >= 11 is 0. The number of amides is 2. The first-order valence-corrected chi connectivity index (χ1v) is 10.1. The third kappa shape index (κ3) is 6.22. The van der Waals surface area contributed by atoms with Crippen LogP contribution in [0.15, 0.2) is 54.6 Å². The van der Waals surface area contributed by atoms with Crippen LogP contribution in [0, 0.1) is 6.92 Å². The number of benzene rings is 2. The van der Waals surface area contributed by atoms with E-state index in [2.05, 4.69) is 5.32 Å². The summed E-state index contributed by atoms with van der Waals surface area (Å²) in [6.07, 6.45) is 1.73. The molecule has 0 bridgehead atoms. The molecule has 0 aromatic heterocycles. The lowest BCUT2D eigenvalue weighted by molar-refractivity contribution is -0.141. The summed E-state index contributed by atoms with van der Waals surface area (Å²) in [5.41, 5.74) is 3.16. The molecular formula is C24H32N2O2. The highest BCUT2D eigenvalue weighted by atomic mass is 16.2. The van der Waals surface area contributed by atoms with Crippen LogP contribution in [-0.4, -0.2) is 28.8 Å². The SMILES string of the molecule is CC[C@H](C)NC(=O)[C@H](CC)N(Cc1ccc(C)cc1)C(=O)Cc1ccccc1. The fourth-order valence-corrected chi connectivity index (χ4v) is 3.12. The Morgan fingerprint density at radius 2 is 1.57 bits per heavy atom. The van der Waals surface area contributed by atoms with E-state index >= 15 is 0 Å². The van der Waals surface area contributed by atoms with Crippen LogP contribution in [0.5, 0.6) is 0 Å². The van der Waals surface area contributed by atoms with Crippen molar-refractivity contribution in [2.45, 2.75) is 65.6 Å². The number of hydrogen-bond acceptors (Lipinski definition) is 2. The second kappa shape index (κ2) is 10.6. The van der Waals surface area contributed by atoms with Gasteiger partial charge in [0.15, 0.2) is 0 Å². The Balaban J connectivity index is 2.25. The van der Waals surface area contributed by atoms with Gasteiger partial charge in [-0.05, 0) is 37.8 Å². The molecule has 0 aliphatic carbocycles. The highest BCUT2D eigenvalue weighted by Gasteiger charge is 2.29. The Bertz CT molecular complexity index is 756. The molecule has 0 heterocycles. The van der Waals surface area contributed by atoms with Crippen LogP contribution < -0.4 is 5.32 Å². The molecule has 4 heteroatoms. The van der Waals surface area contributed by atoms with Crippen LogP contribution in [0.4, 0.5) is 0 Å². The maximum absolute atomic E-state index is 13.2. The van der Waals surface area contributed by atoms with Gasteiger partial charge in [0, 0.05) is 12.6 Å². The van der Waals surface area contributed by atoms with Crippen molar-refractivity contribution in [2.24, 2.45) is 0 Å². The van der Waals surface area contributed by atoms with Gasteiger partial charge in [-0.15, -0.1) is 0 Å². The largest absolute Gasteiger partial charge is 0.352 e. The van der Waals surface area contributed by atoms with Crippen LogP contribution in [-0.2, 0) is 22.6 Å². The molecule has 0 saturated carbocycles. The molecule has 150 valence electrons. The third-order valence-electron chi connectivity index (χ3n) is 5.06. The summed E-state index contributed by atoms with van der Waals surface area (Å²) in [6.45, 7) is 8.45. The molecule has 0 saturated heterocycles. The van der Waals surface area contributed by atoms with Gasteiger partial charge in [0.2, 0.25) is 11.8 Å². The maximum atomic E-state index is 13.2. The molecule has 4 nitrogen and oxygen atoms in total. The lowest BCUT2D eigenvalue weighted by Gasteiger charge is -2.31. The monoisotopic (exact) mass is 380 g/mol. The molecule has 0 fully saturated rings. The normalized spacial score (nSPS) is 12.9. The average Bonchev–Trinajstić information content (AvgIpc) is 2.69. The second-order valence-corrected chi connectivity index (χ2v) is 7.41. The highest BCUT2D eigenvalue weighted by molar-refractivity contribution is 5.88. The number of aryl methyl sites for hydroxylation is 1. The van der Waals surface area contributed by atoms with E-state index in [1.54, 1.807) is 4.90 Å². The molecule has 0 aliphatic heterocycles. The fourth-order valence-electron chi connectivity index (χ4n) is 3.12. The zero-order chi connectivity index (χ0) is 20.5. The first-order valence-electron chi connectivity index (χ1n) is 10.1. The number of nitrogens with one attached hydrogen (secondary N) is 1. The molecule has 0 unspecified atom stereocenters. The standard InChI is InChI=1S/C24H32N2O2/c1-5-19(4)25-24(28)22(6-2)26(17-21-14-12-18(3)13-15-21)23(27)16-20-10-8-7-9-11-20/h7-15,19,22H,5-6,16-17H2,1-4H3,(H,25,28)/t19-,22-/m0/s1. The summed E-state index contributed by atoms with van der Waals surface area (Å²) in [4.78, 5) is 27.8. The first kappa shape index (κ1) is 21.7. The van der Waals surface area contributed by atoms with Crippen molar-refractivity contribution in [3.8, 4) is 0 Å². The van der Waals surface area contributed by atoms with Crippen LogP contribution in [0.1, 0.15) is 50.3 Å². The van der Waals surface area contributed by atoms with Crippen LogP contribution >= 0.6 is 0 Å². The van der Waals surface area contributed by atoms with Gasteiger partial charge in [0.05, 0.1) is 6.42 Å². The molecule has 0 spiro atoms. The number of rotatable bonds is 9. The molecule has 2 amide bonds. The first-order chi connectivity index (χ1) is 13.4. The van der Waals surface area contributed by atoms with Gasteiger partial charge in [0.25, 0.3) is 0 Å². The van der Waals surface area contributed by atoms with Crippen molar-refractivity contribution >= 4 is 11.8 Å². The van der Waals surface area contributed by atoms with Crippen molar-refractivity contribution in [2.75, 3.05) is 0 Å². The van der Waals surface area contributed by atoms with Crippen LogP contribution in [0.3, 0.4) is 0 Å². The van der Waals surface area contributed by atoms with E-state index in [0.717, 1.165) is 17.5 Å². The average molecular weight is 381 g/mol. The highest BCUT2D eigenvalue weighted by Crippen LogP contribution is 2.15. The molecule has 2 atom stereocenters. The zero-order valence-corrected chi connectivity index (χ0v) is 17.4. The molecule has 2 aromatic rings. The van der Waals surface area contributed by atoms with E-state index in [1.807, 2.05) is 82.3 Å². The minimum Gasteiger partial charge on any atom is -0.352 e. The van der Waals surface area contributed by atoms with Gasteiger partial charge in [-0.1, -0.05) is 74.0 Å². The van der Waals surface area contributed by atoms with Gasteiger partial charge in [-0.25, -0.2) is 0 Å². The summed E-state index contributed by atoms with van der Waals surface area (Å²) in [7, 11) is 0. The smallest absolute Gasteiger partial charge is 0.243 e. The number of hydrogen-bond donors (Lipinski definition) is 1. The summed E-state index contributed by atoms with van der Waals surface area (Å²) < 4.78 is 0. The Labute approximate surface area is 169 Å². The summed E-state index contributed by atoms with van der Waals surface area (Å²) in [6, 6.07) is 17.4. The Hall–Kier alpha value is -2.62. The summed E-state index contributed by atoms with van der Waals surface area (Å²) in [5, 5.41) is 3.04. The predicted molar refractivity (Wildman–Crippen MR) is 114 cm³/mol. The number of nitrogens with zero attached hydrogens (tertiary/aromatic N) is 1. The maximum Gasteiger partial charge on any atom is 0.243 e. The lowest BCUT2D eigenvalue weighted by atomic mass is 10.1. The van der Waals surface area contributed by atoms with Gasteiger partial charge in [-0.3, -0.25) is 9.59 Å². The van der Waals surface area contributed by atoms with Gasteiger partial charge in [0.1, 0.15) is 6.04 Å². The van der Waals surface area contributed by atoms with Crippen molar-refractivity contribution in [3.63, 3.8) is 0 Å². The van der Waals surface area contributed by atoms with E-state index < -0.39 is 6.04 Å². The molecule has 1 N–H and O–H groups in total. The van der Waals surface area contributed by atoms with Crippen LogP contribution in [0.2, 0.25) is 0 Å². The van der Waals surface area contributed by atoms with E-state index in [4.69, 9.17) is 0 Å². The number of carbonyl (C=O) groups is 2.